The Labute approximate surface area is 302 Å². The lowest BCUT2D eigenvalue weighted by Crippen LogP contribution is -2.15. The maximum atomic E-state index is 5.18. The zero-order chi connectivity index (χ0) is 33.8. The van der Waals surface area contributed by atoms with Crippen LogP contribution < -0.4 is 0 Å². The number of benzene rings is 6. The van der Waals surface area contributed by atoms with Gasteiger partial charge in [-0.3, -0.25) is 8.80 Å². The number of thiazole rings is 2. The highest BCUT2D eigenvalue weighted by atomic mass is 32.1. The number of fused-ring (bicyclic) bond motifs is 7. The van der Waals surface area contributed by atoms with Gasteiger partial charge in [0.2, 0.25) is 0 Å². The lowest BCUT2D eigenvalue weighted by molar-refractivity contribution is 0.661. The summed E-state index contributed by atoms with van der Waals surface area (Å²) in [7, 11) is 0. The summed E-state index contributed by atoms with van der Waals surface area (Å²) >= 11 is 3.35. The van der Waals surface area contributed by atoms with Gasteiger partial charge in [0.15, 0.2) is 9.92 Å². The molecule has 0 saturated heterocycles. The molecule has 4 aromatic heterocycles. The molecule has 242 valence electrons. The quantitative estimate of drug-likeness (QED) is 0.184. The van der Waals surface area contributed by atoms with E-state index < -0.39 is 0 Å². The van der Waals surface area contributed by atoms with Gasteiger partial charge < -0.3 is 0 Å². The summed E-state index contributed by atoms with van der Waals surface area (Å²) in [5.74, 6) is 0. The van der Waals surface area contributed by atoms with Crippen LogP contribution in [0.15, 0.2) is 144 Å². The monoisotopic (exact) mass is 690 g/mol. The van der Waals surface area contributed by atoms with Crippen LogP contribution in [0.2, 0.25) is 0 Å². The van der Waals surface area contributed by atoms with Crippen LogP contribution in [0.3, 0.4) is 0 Å². The standard InChI is InChI=1S/C45H30N4S2/c1-45(2)37-25-33(41-39(46-43-48(41)19-21-50-43)31-13-11-27-7-3-5-9-29(27)23-31)15-17-35(37)36-18-16-34(26-38(36)45)42-40(47-44-49(42)20-22-51-44)32-14-12-28-8-4-6-10-30(28)24-32/h3-26H,1-2H3. The van der Waals surface area contributed by atoms with E-state index in [0.717, 1.165) is 43.8 Å². The average Bonchev–Trinajstić information content (AvgIpc) is 3.98. The summed E-state index contributed by atoms with van der Waals surface area (Å²) in [4.78, 5) is 12.4. The first-order chi connectivity index (χ1) is 25.0. The minimum atomic E-state index is -0.209. The van der Waals surface area contributed by atoms with Crippen molar-refractivity contribution in [1.29, 1.82) is 0 Å². The first-order valence-corrected chi connectivity index (χ1v) is 19.0. The van der Waals surface area contributed by atoms with Crippen molar-refractivity contribution in [3.63, 3.8) is 0 Å². The Kier molecular flexibility index (Phi) is 6.02. The third-order valence-electron chi connectivity index (χ3n) is 10.8. The van der Waals surface area contributed by atoms with Crippen LogP contribution in [-0.2, 0) is 5.41 Å². The summed E-state index contributed by atoms with van der Waals surface area (Å²) in [5.41, 5.74) is 14.0. The van der Waals surface area contributed by atoms with Crippen LogP contribution in [0, 0.1) is 0 Å². The average molecular weight is 691 g/mol. The molecule has 0 bridgehead atoms. The Morgan fingerprint density at radius 1 is 0.471 bits per heavy atom. The van der Waals surface area contributed by atoms with E-state index >= 15 is 0 Å². The van der Waals surface area contributed by atoms with Gasteiger partial charge in [-0.1, -0.05) is 111 Å². The lowest BCUT2D eigenvalue weighted by Gasteiger charge is -2.23. The van der Waals surface area contributed by atoms with Crippen LogP contribution in [0.5, 0.6) is 0 Å². The molecule has 10 aromatic rings. The fourth-order valence-corrected chi connectivity index (χ4v) is 9.66. The number of imidazole rings is 2. The number of hydrogen-bond donors (Lipinski definition) is 0. The topological polar surface area (TPSA) is 34.6 Å². The minimum Gasteiger partial charge on any atom is -0.290 e. The molecule has 0 aliphatic heterocycles. The fraction of sp³-hybridized carbons (Fsp3) is 0.0667. The van der Waals surface area contributed by atoms with Gasteiger partial charge in [-0.15, -0.1) is 22.7 Å². The molecule has 4 heterocycles. The summed E-state index contributed by atoms with van der Waals surface area (Å²) in [6.45, 7) is 4.74. The van der Waals surface area contributed by atoms with Crippen molar-refractivity contribution < 1.29 is 0 Å². The van der Waals surface area contributed by atoms with E-state index in [1.165, 1.54) is 54.9 Å². The highest BCUT2D eigenvalue weighted by Gasteiger charge is 2.37. The molecule has 0 amide bonds. The van der Waals surface area contributed by atoms with Crippen LogP contribution in [0.25, 0.3) is 87.6 Å². The van der Waals surface area contributed by atoms with E-state index in [0.29, 0.717) is 0 Å². The van der Waals surface area contributed by atoms with Crippen molar-refractivity contribution in [2.24, 2.45) is 0 Å². The number of hydrogen-bond acceptors (Lipinski definition) is 4. The highest BCUT2D eigenvalue weighted by Crippen LogP contribution is 2.52. The molecule has 0 fully saturated rings. The molecule has 0 radical (unpaired) electrons. The van der Waals surface area contributed by atoms with E-state index in [-0.39, 0.29) is 5.41 Å². The van der Waals surface area contributed by atoms with Crippen molar-refractivity contribution in [1.82, 2.24) is 18.8 Å². The predicted molar refractivity (Wildman–Crippen MR) is 214 cm³/mol. The van der Waals surface area contributed by atoms with Crippen molar-refractivity contribution in [3.8, 4) is 56.2 Å². The smallest absolute Gasteiger partial charge is 0.194 e. The molecule has 1 aliphatic carbocycles. The largest absolute Gasteiger partial charge is 0.290 e. The van der Waals surface area contributed by atoms with E-state index in [2.05, 4.69) is 167 Å². The second kappa shape index (κ2) is 10.6. The van der Waals surface area contributed by atoms with Crippen molar-refractivity contribution in [3.05, 3.63) is 156 Å². The maximum absolute atomic E-state index is 5.18. The summed E-state index contributed by atoms with van der Waals surface area (Å²) in [6, 6.07) is 44.5. The molecule has 0 N–H and O–H groups in total. The van der Waals surface area contributed by atoms with Crippen LogP contribution in [0.4, 0.5) is 0 Å². The van der Waals surface area contributed by atoms with Crippen LogP contribution in [-0.4, -0.2) is 18.8 Å². The highest BCUT2D eigenvalue weighted by molar-refractivity contribution is 7.15. The lowest BCUT2D eigenvalue weighted by atomic mass is 9.81. The molecule has 4 nitrogen and oxygen atoms in total. The summed E-state index contributed by atoms with van der Waals surface area (Å²) in [6.07, 6.45) is 4.30. The Hall–Kier alpha value is -5.82. The summed E-state index contributed by atoms with van der Waals surface area (Å²) < 4.78 is 4.51. The Morgan fingerprint density at radius 2 is 0.902 bits per heavy atom. The molecular weight excluding hydrogens is 661 g/mol. The van der Waals surface area contributed by atoms with E-state index in [4.69, 9.17) is 9.97 Å². The zero-order valence-electron chi connectivity index (χ0n) is 28.0. The molecule has 6 heteroatoms. The second-order valence-corrected chi connectivity index (χ2v) is 15.7. The first-order valence-electron chi connectivity index (χ1n) is 17.2. The van der Waals surface area contributed by atoms with Gasteiger partial charge in [0.25, 0.3) is 0 Å². The third kappa shape index (κ3) is 4.24. The van der Waals surface area contributed by atoms with Gasteiger partial charge in [-0.05, 0) is 68.1 Å². The van der Waals surface area contributed by atoms with Gasteiger partial charge >= 0.3 is 0 Å². The normalized spacial score (nSPS) is 13.5. The van der Waals surface area contributed by atoms with E-state index in [1.54, 1.807) is 22.7 Å². The molecule has 1 aliphatic rings. The Bertz CT molecular complexity index is 2820. The van der Waals surface area contributed by atoms with Gasteiger partial charge in [0.1, 0.15) is 0 Å². The van der Waals surface area contributed by atoms with Crippen molar-refractivity contribution in [2.75, 3.05) is 0 Å². The molecule has 0 spiro atoms. The SMILES string of the molecule is CC1(C)c2cc(-c3c(-c4ccc5ccccc5c4)nc4sccn34)ccc2-c2ccc(-c3c(-c4ccc5ccccc5c4)nc4sccn34)cc21. The number of rotatable bonds is 4. The molecule has 6 aromatic carbocycles. The van der Waals surface area contributed by atoms with E-state index in [9.17, 15) is 0 Å². The van der Waals surface area contributed by atoms with Gasteiger partial charge in [-0.25, -0.2) is 9.97 Å². The molecule has 51 heavy (non-hydrogen) atoms. The van der Waals surface area contributed by atoms with Gasteiger partial charge in [-0.2, -0.15) is 0 Å². The Morgan fingerprint density at radius 3 is 1.37 bits per heavy atom. The molecule has 0 atom stereocenters. The molecular formula is C45H30N4S2. The van der Waals surface area contributed by atoms with Crippen molar-refractivity contribution in [2.45, 2.75) is 19.3 Å². The maximum Gasteiger partial charge on any atom is 0.194 e. The molecule has 0 unspecified atom stereocenters. The number of nitrogens with zero attached hydrogens (tertiary/aromatic N) is 4. The first kappa shape index (κ1) is 29.0. The predicted octanol–water partition coefficient (Wildman–Crippen LogP) is 12.4. The van der Waals surface area contributed by atoms with Crippen LogP contribution in [0.1, 0.15) is 25.0 Å². The van der Waals surface area contributed by atoms with Crippen LogP contribution >= 0.6 is 22.7 Å². The number of aromatic nitrogens is 4. The summed E-state index contributed by atoms with van der Waals surface area (Å²) in [5, 5.41) is 9.16. The fourth-order valence-electron chi connectivity index (χ4n) is 8.23. The third-order valence-corrected chi connectivity index (χ3v) is 12.3. The minimum absolute atomic E-state index is 0.209. The van der Waals surface area contributed by atoms with Crippen molar-refractivity contribution >= 4 is 54.1 Å². The zero-order valence-corrected chi connectivity index (χ0v) is 29.6. The molecule has 0 saturated carbocycles. The van der Waals surface area contributed by atoms with Gasteiger partial charge in [0.05, 0.1) is 22.8 Å². The van der Waals surface area contributed by atoms with E-state index in [1.807, 2.05) is 0 Å². The Balaban J connectivity index is 1.04. The van der Waals surface area contributed by atoms with Gasteiger partial charge in [0, 0.05) is 50.8 Å². The second-order valence-electron chi connectivity index (χ2n) is 14.0. The molecule has 11 rings (SSSR count).